The predicted molar refractivity (Wildman–Crippen MR) is 80.2 cm³/mol. The van der Waals surface area contributed by atoms with Crippen LogP contribution in [0.4, 0.5) is 5.95 Å². The molecular weight excluding hydrogens is 294 g/mol. The summed E-state index contributed by atoms with van der Waals surface area (Å²) in [7, 11) is 0. The Kier molecular flexibility index (Phi) is 3.22. The molecule has 0 amide bonds. The molecule has 0 radical (unpaired) electrons. The second kappa shape index (κ2) is 4.71. The number of hydrogen-bond acceptors (Lipinski definition) is 5. The average molecular weight is 312 g/mol. The van der Waals surface area contributed by atoms with Crippen LogP contribution in [-0.2, 0) is 4.74 Å². The molecule has 0 saturated carbocycles. The molecule has 2 aromatic heterocycles. The first-order valence-corrected chi connectivity index (χ1v) is 7.30. The SMILES string of the molecule is CC[C@H]1O[C@@H](n2cnc3c(=O)[nH]c(N)nc32)[C@](C)(Cl)[C@@H]1C. The first-order chi connectivity index (χ1) is 9.86. The molecule has 3 N–H and O–H groups in total. The Bertz CT molecular complexity index is 738. The maximum atomic E-state index is 11.8. The molecule has 1 fully saturated rings. The first-order valence-electron chi connectivity index (χ1n) is 6.93. The van der Waals surface area contributed by atoms with E-state index in [2.05, 4.69) is 28.8 Å². The van der Waals surface area contributed by atoms with E-state index >= 15 is 0 Å². The lowest BCUT2D eigenvalue weighted by Crippen LogP contribution is -2.32. The molecule has 0 unspecified atom stereocenters. The van der Waals surface area contributed by atoms with Crippen LogP contribution in [0.25, 0.3) is 11.2 Å². The summed E-state index contributed by atoms with van der Waals surface area (Å²) in [5, 5.41) is 0. The zero-order chi connectivity index (χ0) is 15.4. The highest BCUT2D eigenvalue weighted by Gasteiger charge is 2.50. The summed E-state index contributed by atoms with van der Waals surface area (Å²) in [4.78, 5) is 21.9. The minimum Gasteiger partial charge on any atom is -0.369 e. The van der Waals surface area contributed by atoms with Crippen LogP contribution in [0, 0.1) is 5.92 Å². The van der Waals surface area contributed by atoms with Gasteiger partial charge in [-0.2, -0.15) is 4.98 Å². The number of nitrogens with two attached hydrogens (primary N) is 1. The second-order valence-corrected chi connectivity index (χ2v) is 6.46. The van der Waals surface area contributed by atoms with Gasteiger partial charge in [0, 0.05) is 5.92 Å². The predicted octanol–water partition coefficient (Wildman–Crippen LogP) is 1.64. The van der Waals surface area contributed by atoms with E-state index in [1.54, 1.807) is 4.57 Å². The normalized spacial score (nSPS) is 32.9. The van der Waals surface area contributed by atoms with Gasteiger partial charge in [0.05, 0.1) is 17.3 Å². The van der Waals surface area contributed by atoms with Crippen LogP contribution in [0.3, 0.4) is 0 Å². The number of nitrogens with zero attached hydrogens (tertiary/aromatic N) is 3. The van der Waals surface area contributed by atoms with Crippen molar-refractivity contribution in [1.29, 1.82) is 0 Å². The van der Waals surface area contributed by atoms with Crippen molar-refractivity contribution in [3.8, 4) is 0 Å². The number of nitrogen functional groups attached to an aromatic ring is 1. The Morgan fingerprint density at radius 3 is 2.95 bits per heavy atom. The molecule has 2 aromatic rings. The highest BCUT2D eigenvalue weighted by atomic mass is 35.5. The molecule has 1 aliphatic heterocycles. The van der Waals surface area contributed by atoms with E-state index in [-0.39, 0.29) is 29.0 Å². The quantitative estimate of drug-likeness (QED) is 0.821. The molecule has 8 heteroatoms. The van der Waals surface area contributed by atoms with Crippen LogP contribution >= 0.6 is 11.6 Å². The fraction of sp³-hybridized carbons (Fsp3) is 0.615. The van der Waals surface area contributed by atoms with Crippen molar-refractivity contribution < 1.29 is 4.74 Å². The lowest BCUT2D eigenvalue weighted by atomic mass is 9.90. The van der Waals surface area contributed by atoms with Crippen molar-refractivity contribution >= 4 is 28.7 Å². The van der Waals surface area contributed by atoms with Gasteiger partial charge in [0.25, 0.3) is 5.56 Å². The Morgan fingerprint density at radius 1 is 1.62 bits per heavy atom. The molecule has 1 aliphatic rings. The van der Waals surface area contributed by atoms with Crippen LogP contribution in [0.5, 0.6) is 0 Å². The average Bonchev–Trinajstić information content (AvgIpc) is 2.91. The van der Waals surface area contributed by atoms with Crippen LogP contribution in [0.1, 0.15) is 33.4 Å². The van der Waals surface area contributed by atoms with E-state index in [4.69, 9.17) is 22.1 Å². The molecule has 0 aliphatic carbocycles. The third-order valence-corrected chi connectivity index (χ3v) is 4.87. The summed E-state index contributed by atoms with van der Waals surface area (Å²) in [6.07, 6.45) is 2.00. The lowest BCUT2D eigenvalue weighted by Gasteiger charge is -2.27. The number of halogens is 1. The van der Waals surface area contributed by atoms with Crippen molar-refractivity contribution in [2.45, 2.75) is 44.4 Å². The largest absolute Gasteiger partial charge is 0.369 e. The van der Waals surface area contributed by atoms with Crippen LogP contribution < -0.4 is 11.3 Å². The minimum atomic E-state index is -0.618. The van der Waals surface area contributed by atoms with E-state index in [0.29, 0.717) is 5.65 Å². The smallest absolute Gasteiger partial charge is 0.280 e. The first kappa shape index (κ1) is 14.3. The molecule has 1 saturated heterocycles. The number of H-pyrrole nitrogens is 1. The third-order valence-electron chi connectivity index (χ3n) is 4.34. The second-order valence-electron chi connectivity index (χ2n) is 5.65. The number of alkyl halides is 1. The molecule has 0 bridgehead atoms. The summed E-state index contributed by atoms with van der Waals surface area (Å²) in [6.45, 7) is 6.06. The van der Waals surface area contributed by atoms with Gasteiger partial charge in [-0.05, 0) is 13.3 Å². The summed E-state index contributed by atoms with van der Waals surface area (Å²) in [5.74, 6) is 0.203. The van der Waals surface area contributed by atoms with E-state index in [1.165, 1.54) is 6.33 Å². The number of nitrogens with one attached hydrogen (secondary N) is 1. The Labute approximate surface area is 126 Å². The third kappa shape index (κ3) is 2.03. The maximum Gasteiger partial charge on any atom is 0.280 e. The zero-order valence-corrected chi connectivity index (χ0v) is 12.9. The van der Waals surface area contributed by atoms with E-state index in [9.17, 15) is 4.79 Å². The van der Waals surface area contributed by atoms with Gasteiger partial charge in [-0.1, -0.05) is 13.8 Å². The van der Waals surface area contributed by atoms with Gasteiger partial charge in [-0.3, -0.25) is 14.3 Å². The molecular formula is C13H18ClN5O2. The van der Waals surface area contributed by atoms with Gasteiger partial charge in [-0.25, -0.2) is 4.98 Å². The number of fused-ring (bicyclic) bond motifs is 1. The van der Waals surface area contributed by atoms with Crippen molar-refractivity contribution in [2.24, 2.45) is 5.92 Å². The Hall–Kier alpha value is -1.60. The summed E-state index contributed by atoms with van der Waals surface area (Å²) in [5.41, 5.74) is 5.86. The van der Waals surface area contributed by atoms with Crippen molar-refractivity contribution in [1.82, 2.24) is 19.5 Å². The van der Waals surface area contributed by atoms with Gasteiger partial charge >= 0.3 is 0 Å². The molecule has 3 rings (SSSR count). The summed E-state index contributed by atoms with van der Waals surface area (Å²) >= 11 is 6.71. The van der Waals surface area contributed by atoms with Gasteiger partial charge in [0.15, 0.2) is 17.4 Å². The Balaban J connectivity index is 2.15. The molecule has 3 heterocycles. The number of imidazole rings is 1. The van der Waals surface area contributed by atoms with Crippen molar-refractivity contribution in [3.63, 3.8) is 0 Å². The number of aromatic amines is 1. The highest BCUT2D eigenvalue weighted by molar-refractivity contribution is 6.24. The van der Waals surface area contributed by atoms with Crippen molar-refractivity contribution in [2.75, 3.05) is 5.73 Å². The van der Waals surface area contributed by atoms with Crippen molar-refractivity contribution in [3.05, 3.63) is 16.7 Å². The number of hydrogen-bond donors (Lipinski definition) is 2. The van der Waals surface area contributed by atoms with E-state index in [0.717, 1.165) is 6.42 Å². The standard InChI is InChI=1S/C13H18ClN5O2/c1-4-7-6(2)13(3,14)11(21-7)19-5-16-8-9(19)17-12(15)18-10(8)20/h5-7,11H,4H2,1-3H3,(H3,15,17,18,20)/t6-,7-,11-,13-/m1/s1. The van der Waals surface area contributed by atoms with Crippen LogP contribution in [0.15, 0.2) is 11.1 Å². The van der Waals surface area contributed by atoms with Gasteiger partial charge in [-0.15, -0.1) is 11.6 Å². The number of ether oxygens (including phenoxy) is 1. The Morgan fingerprint density at radius 2 is 2.33 bits per heavy atom. The molecule has 0 spiro atoms. The van der Waals surface area contributed by atoms with Gasteiger partial charge < -0.3 is 10.5 Å². The highest BCUT2D eigenvalue weighted by Crippen LogP contribution is 2.48. The maximum absolute atomic E-state index is 11.8. The molecule has 7 nitrogen and oxygen atoms in total. The van der Waals surface area contributed by atoms with Crippen LogP contribution in [-0.4, -0.2) is 30.5 Å². The topological polar surface area (TPSA) is 98.8 Å². The number of aromatic nitrogens is 4. The fourth-order valence-electron chi connectivity index (χ4n) is 2.91. The number of anilines is 1. The minimum absolute atomic E-state index is 0.0450. The van der Waals surface area contributed by atoms with Gasteiger partial charge in [0.2, 0.25) is 5.95 Å². The number of rotatable bonds is 2. The summed E-state index contributed by atoms with van der Waals surface area (Å²) < 4.78 is 7.76. The van der Waals surface area contributed by atoms with E-state index < -0.39 is 11.1 Å². The van der Waals surface area contributed by atoms with E-state index in [1.807, 2.05) is 6.92 Å². The van der Waals surface area contributed by atoms with Gasteiger partial charge in [0.1, 0.15) is 0 Å². The molecule has 4 atom stereocenters. The molecule has 0 aromatic carbocycles. The van der Waals surface area contributed by atoms with Crippen LogP contribution in [0.2, 0.25) is 0 Å². The lowest BCUT2D eigenvalue weighted by molar-refractivity contribution is -0.00881. The monoisotopic (exact) mass is 311 g/mol. The summed E-state index contributed by atoms with van der Waals surface area (Å²) in [6, 6.07) is 0. The zero-order valence-electron chi connectivity index (χ0n) is 12.1. The molecule has 21 heavy (non-hydrogen) atoms. The fourth-order valence-corrected chi connectivity index (χ4v) is 3.20. The molecule has 114 valence electrons.